The molecule has 1 amide bonds. The summed E-state index contributed by atoms with van der Waals surface area (Å²) in [5.41, 5.74) is 1.84. The average Bonchev–Trinajstić information content (AvgIpc) is 3.24. The summed E-state index contributed by atoms with van der Waals surface area (Å²) in [5.74, 6) is 0.00124. The van der Waals surface area contributed by atoms with E-state index in [1.807, 2.05) is 50.7 Å². The summed E-state index contributed by atoms with van der Waals surface area (Å²) in [7, 11) is 4.02. The number of carbonyl (C=O) groups is 1. The first-order valence-corrected chi connectivity index (χ1v) is 9.92. The van der Waals surface area contributed by atoms with Crippen molar-refractivity contribution in [2.45, 2.75) is 19.4 Å². The quantitative estimate of drug-likeness (QED) is 0.676. The molecule has 0 aliphatic carbocycles. The Balaban J connectivity index is 1.86. The van der Waals surface area contributed by atoms with Crippen LogP contribution in [0.25, 0.3) is 11.0 Å². The zero-order valence-electron chi connectivity index (χ0n) is 15.7. The number of rotatable bonds is 5. The predicted molar refractivity (Wildman–Crippen MR) is 108 cm³/mol. The van der Waals surface area contributed by atoms with Crippen molar-refractivity contribution in [3.8, 4) is 0 Å². The molecule has 0 N–H and O–H groups in total. The van der Waals surface area contributed by atoms with Gasteiger partial charge in [-0.15, -0.1) is 11.3 Å². The lowest BCUT2D eigenvalue weighted by atomic mass is 10.0. The Kier molecular flexibility index (Phi) is 4.61. The second-order valence-electron chi connectivity index (χ2n) is 7.25. The highest BCUT2D eigenvalue weighted by Crippen LogP contribution is 2.39. The fraction of sp³-hybridized carbons (Fsp3) is 0.333. The molecule has 0 radical (unpaired) electrons. The molecule has 0 saturated carbocycles. The van der Waals surface area contributed by atoms with Crippen LogP contribution in [-0.4, -0.2) is 42.9 Å². The van der Waals surface area contributed by atoms with Crippen LogP contribution in [0.3, 0.4) is 0 Å². The van der Waals surface area contributed by atoms with Gasteiger partial charge in [-0.2, -0.15) is 0 Å². The number of nitrogens with zero attached hydrogens (tertiary/aromatic N) is 2. The summed E-state index contributed by atoms with van der Waals surface area (Å²) >= 11 is 1.56. The van der Waals surface area contributed by atoms with E-state index in [2.05, 4.69) is 4.90 Å². The first-order chi connectivity index (χ1) is 13.0. The van der Waals surface area contributed by atoms with Crippen LogP contribution in [0.15, 0.2) is 44.9 Å². The highest BCUT2D eigenvalue weighted by atomic mass is 32.1. The van der Waals surface area contributed by atoms with Crippen molar-refractivity contribution in [3.63, 3.8) is 0 Å². The van der Waals surface area contributed by atoms with E-state index in [9.17, 15) is 9.59 Å². The molecular formula is C21H22N2O3S. The average molecular weight is 382 g/mol. The second kappa shape index (κ2) is 6.94. The fourth-order valence-electron chi connectivity index (χ4n) is 3.66. The van der Waals surface area contributed by atoms with E-state index in [4.69, 9.17) is 4.42 Å². The van der Waals surface area contributed by atoms with Gasteiger partial charge in [-0.05, 0) is 57.6 Å². The molecule has 5 nitrogen and oxygen atoms in total. The van der Waals surface area contributed by atoms with E-state index in [0.29, 0.717) is 23.1 Å². The van der Waals surface area contributed by atoms with Gasteiger partial charge in [0.15, 0.2) is 5.43 Å². The number of thiophene rings is 1. The molecule has 3 heterocycles. The lowest BCUT2D eigenvalue weighted by molar-refractivity contribution is 0.0724. The minimum absolute atomic E-state index is 0.100. The second-order valence-corrected chi connectivity index (χ2v) is 8.23. The summed E-state index contributed by atoms with van der Waals surface area (Å²) in [6, 6.07) is 9.07. The van der Waals surface area contributed by atoms with Crippen LogP contribution in [0, 0.1) is 6.92 Å². The zero-order valence-corrected chi connectivity index (χ0v) is 16.5. The molecule has 1 aliphatic heterocycles. The van der Waals surface area contributed by atoms with Crippen molar-refractivity contribution in [2.75, 3.05) is 27.2 Å². The number of hydrogen-bond donors (Lipinski definition) is 0. The summed E-state index contributed by atoms with van der Waals surface area (Å²) in [6.45, 7) is 3.40. The molecule has 0 bridgehead atoms. The van der Waals surface area contributed by atoms with Gasteiger partial charge in [0.2, 0.25) is 5.76 Å². The third kappa shape index (κ3) is 3.09. The first-order valence-electron chi connectivity index (χ1n) is 9.04. The molecule has 4 rings (SSSR count). The van der Waals surface area contributed by atoms with Crippen molar-refractivity contribution in [3.05, 3.63) is 67.7 Å². The Hall–Kier alpha value is -2.44. The number of aryl methyl sites for hydroxylation is 1. The maximum Gasteiger partial charge on any atom is 0.290 e. The van der Waals surface area contributed by atoms with Gasteiger partial charge >= 0.3 is 0 Å². The van der Waals surface area contributed by atoms with Crippen LogP contribution in [0.1, 0.15) is 39.0 Å². The molecule has 140 valence electrons. The van der Waals surface area contributed by atoms with Crippen molar-refractivity contribution in [1.29, 1.82) is 0 Å². The smallest absolute Gasteiger partial charge is 0.290 e. The van der Waals surface area contributed by atoms with E-state index in [-0.39, 0.29) is 23.1 Å². The molecule has 6 heteroatoms. The number of carbonyl (C=O) groups excluding carboxylic acids is 1. The van der Waals surface area contributed by atoms with Gasteiger partial charge in [0.25, 0.3) is 5.91 Å². The lowest BCUT2D eigenvalue weighted by Crippen LogP contribution is -2.31. The van der Waals surface area contributed by atoms with E-state index >= 15 is 0 Å². The van der Waals surface area contributed by atoms with Gasteiger partial charge in [-0.1, -0.05) is 17.7 Å². The molecule has 27 heavy (non-hydrogen) atoms. The molecule has 1 aliphatic rings. The van der Waals surface area contributed by atoms with Crippen LogP contribution < -0.4 is 5.43 Å². The van der Waals surface area contributed by atoms with Gasteiger partial charge in [0.05, 0.1) is 17.0 Å². The van der Waals surface area contributed by atoms with Crippen LogP contribution in [-0.2, 0) is 0 Å². The molecule has 0 spiro atoms. The van der Waals surface area contributed by atoms with Gasteiger partial charge in [0, 0.05) is 11.4 Å². The summed E-state index contributed by atoms with van der Waals surface area (Å²) < 4.78 is 5.94. The molecule has 1 aromatic carbocycles. The lowest BCUT2D eigenvalue weighted by Gasteiger charge is -2.24. The predicted octanol–water partition coefficient (Wildman–Crippen LogP) is 3.66. The molecule has 0 fully saturated rings. The Morgan fingerprint density at radius 3 is 2.74 bits per heavy atom. The van der Waals surface area contributed by atoms with Gasteiger partial charge in [-0.3, -0.25) is 9.59 Å². The highest BCUT2D eigenvalue weighted by molar-refractivity contribution is 7.10. The van der Waals surface area contributed by atoms with Crippen molar-refractivity contribution >= 4 is 28.2 Å². The number of hydrogen-bond acceptors (Lipinski definition) is 5. The fourth-order valence-corrected chi connectivity index (χ4v) is 4.51. The van der Waals surface area contributed by atoms with Crippen LogP contribution in [0.2, 0.25) is 0 Å². The maximum absolute atomic E-state index is 13.3. The number of fused-ring (bicyclic) bond motifs is 2. The number of amides is 1. The van der Waals surface area contributed by atoms with E-state index in [1.165, 1.54) is 0 Å². The molecule has 0 saturated heterocycles. The van der Waals surface area contributed by atoms with Gasteiger partial charge in [-0.25, -0.2) is 0 Å². The van der Waals surface area contributed by atoms with Crippen LogP contribution in [0.4, 0.5) is 0 Å². The summed E-state index contributed by atoms with van der Waals surface area (Å²) in [5, 5.41) is 2.51. The Labute approximate surface area is 161 Å². The standard InChI is InChI=1S/C21H22N2O3S/c1-13-7-8-15-14(12-13)19(24)17-18(16-6-4-11-27-16)23(10-5-9-22(2)3)21(25)20(17)26-15/h4,6-8,11-12,18H,5,9-10H2,1-3H3/t18-/m1/s1. The SMILES string of the molecule is Cc1ccc2oc3c(c(=O)c2c1)[C@@H](c1cccs1)N(CCCN(C)C)C3=O. The molecular weight excluding hydrogens is 360 g/mol. The van der Waals surface area contributed by atoms with Gasteiger partial charge < -0.3 is 14.2 Å². The largest absolute Gasteiger partial charge is 0.450 e. The van der Waals surface area contributed by atoms with Crippen molar-refractivity contribution < 1.29 is 9.21 Å². The minimum Gasteiger partial charge on any atom is -0.450 e. The molecule has 2 aromatic heterocycles. The molecule has 1 atom stereocenters. The van der Waals surface area contributed by atoms with E-state index < -0.39 is 0 Å². The third-order valence-corrected chi connectivity index (χ3v) is 5.86. The Morgan fingerprint density at radius 2 is 2.04 bits per heavy atom. The first kappa shape index (κ1) is 17.9. The monoisotopic (exact) mass is 382 g/mol. The zero-order chi connectivity index (χ0) is 19.1. The van der Waals surface area contributed by atoms with Gasteiger partial charge in [0.1, 0.15) is 5.58 Å². The highest BCUT2D eigenvalue weighted by Gasteiger charge is 2.42. The normalized spacial score (nSPS) is 16.5. The third-order valence-electron chi connectivity index (χ3n) is 4.94. The summed E-state index contributed by atoms with van der Waals surface area (Å²) in [4.78, 5) is 31.3. The number of benzene rings is 1. The van der Waals surface area contributed by atoms with Crippen LogP contribution >= 0.6 is 11.3 Å². The maximum atomic E-state index is 13.3. The summed E-state index contributed by atoms with van der Waals surface area (Å²) in [6.07, 6.45) is 0.835. The van der Waals surface area contributed by atoms with E-state index in [1.54, 1.807) is 22.3 Å². The van der Waals surface area contributed by atoms with Crippen LogP contribution in [0.5, 0.6) is 0 Å². The van der Waals surface area contributed by atoms with Crippen molar-refractivity contribution in [1.82, 2.24) is 9.80 Å². The minimum atomic E-state index is -0.365. The molecule has 3 aromatic rings. The Morgan fingerprint density at radius 1 is 1.22 bits per heavy atom. The Bertz CT molecular complexity index is 1050. The van der Waals surface area contributed by atoms with Crippen molar-refractivity contribution in [2.24, 2.45) is 0 Å². The van der Waals surface area contributed by atoms with E-state index in [0.717, 1.165) is 23.4 Å². The molecule has 0 unspecified atom stereocenters. The topological polar surface area (TPSA) is 53.8 Å².